The molecule has 0 heterocycles. The third-order valence-corrected chi connectivity index (χ3v) is 5.05. The van der Waals surface area contributed by atoms with Crippen molar-refractivity contribution in [2.75, 3.05) is 12.8 Å². The van der Waals surface area contributed by atoms with Gasteiger partial charge in [0.1, 0.15) is 0 Å². The van der Waals surface area contributed by atoms with Gasteiger partial charge >= 0.3 is 0 Å². The molecule has 1 aliphatic carbocycles. The highest BCUT2D eigenvalue weighted by atomic mass is 32.2. The molecule has 0 amide bonds. The number of nitrogens with one attached hydrogen (secondary N) is 1. The lowest BCUT2D eigenvalue weighted by molar-refractivity contribution is 0.414. The first kappa shape index (κ1) is 14.0. The van der Waals surface area contributed by atoms with Crippen LogP contribution in [0, 0.1) is 0 Å². The third-order valence-electron chi connectivity index (χ3n) is 3.86. The maximum Gasteiger partial charge on any atom is 0.0412 e. The van der Waals surface area contributed by atoms with E-state index in [1.807, 2.05) is 11.8 Å². The van der Waals surface area contributed by atoms with Gasteiger partial charge in [-0.2, -0.15) is 11.8 Å². The molecule has 0 bridgehead atoms. The average molecular weight is 263 g/mol. The zero-order chi connectivity index (χ0) is 13.0. The highest BCUT2D eigenvalue weighted by Crippen LogP contribution is 2.39. The molecule has 0 saturated heterocycles. The molecule has 1 nitrogen and oxygen atoms in total. The normalized spacial score (nSPS) is 17.8. The Bertz CT molecular complexity index is 371. The number of rotatable bonds is 6. The minimum Gasteiger partial charge on any atom is -0.312 e. The second-order valence-electron chi connectivity index (χ2n) is 5.48. The Labute approximate surface area is 116 Å². The van der Waals surface area contributed by atoms with Crippen LogP contribution >= 0.6 is 11.8 Å². The standard InChI is InChI=1S/C16H25NS/c1-12(2)18-11-16(17-3)15-10-5-4-9-14(15)13-7-6-8-13/h4-5,9-10,12-13,16-17H,6-8,11H2,1-3H3. The lowest BCUT2D eigenvalue weighted by Gasteiger charge is -2.30. The Morgan fingerprint density at radius 3 is 2.56 bits per heavy atom. The molecular weight excluding hydrogens is 238 g/mol. The fraction of sp³-hybridized carbons (Fsp3) is 0.625. The van der Waals surface area contributed by atoms with Gasteiger partial charge in [0.25, 0.3) is 0 Å². The van der Waals surface area contributed by atoms with Crippen molar-refractivity contribution in [3.63, 3.8) is 0 Å². The molecule has 1 saturated carbocycles. The van der Waals surface area contributed by atoms with Crippen molar-refractivity contribution in [2.45, 2.75) is 50.3 Å². The summed E-state index contributed by atoms with van der Waals surface area (Å²) in [4.78, 5) is 0. The molecule has 1 unspecified atom stereocenters. The van der Waals surface area contributed by atoms with Gasteiger partial charge in [-0.05, 0) is 42.2 Å². The number of hydrogen-bond acceptors (Lipinski definition) is 2. The molecule has 2 heteroatoms. The molecule has 1 aromatic carbocycles. The van der Waals surface area contributed by atoms with Crippen LogP contribution in [0.5, 0.6) is 0 Å². The van der Waals surface area contributed by atoms with Crippen molar-refractivity contribution in [3.8, 4) is 0 Å². The largest absolute Gasteiger partial charge is 0.312 e. The molecule has 0 radical (unpaired) electrons. The predicted molar refractivity (Wildman–Crippen MR) is 82.4 cm³/mol. The highest BCUT2D eigenvalue weighted by molar-refractivity contribution is 7.99. The van der Waals surface area contributed by atoms with Gasteiger partial charge in [0.15, 0.2) is 0 Å². The fourth-order valence-electron chi connectivity index (χ4n) is 2.54. The van der Waals surface area contributed by atoms with Crippen molar-refractivity contribution in [1.29, 1.82) is 0 Å². The monoisotopic (exact) mass is 263 g/mol. The van der Waals surface area contributed by atoms with E-state index in [-0.39, 0.29) is 0 Å². The summed E-state index contributed by atoms with van der Waals surface area (Å²) in [5.41, 5.74) is 3.12. The molecule has 18 heavy (non-hydrogen) atoms. The smallest absolute Gasteiger partial charge is 0.0412 e. The van der Waals surface area contributed by atoms with Crippen molar-refractivity contribution in [3.05, 3.63) is 35.4 Å². The minimum atomic E-state index is 0.495. The third kappa shape index (κ3) is 3.30. The average Bonchev–Trinajstić information content (AvgIpc) is 2.29. The number of hydrogen-bond donors (Lipinski definition) is 1. The van der Waals surface area contributed by atoms with E-state index in [1.54, 1.807) is 5.56 Å². The van der Waals surface area contributed by atoms with Crippen LogP contribution in [0.3, 0.4) is 0 Å². The first-order valence-electron chi connectivity index (χ1n) is 7.10. The highest BCUT2D eigenvalue weighted by Gasteiger charge is 2.24. The Hall–Kier alpha value is -0.470. The molecule has 1 aliphatic rings. The van der Waals surface area contributed by atoms with Crippen molar-refractivity contribution in [2.24, 2.45) is 0 Å². The first-order chi connectivity index (χ1) is 8.72. The van der Waals surface area contributed by atoms with E-state index in [0.29, 0.717) is 11.3 Å². The summed E-state index contributed by atoms with van der Waals surface area (Å²) in [5, 5.41) is 4.20. The van der Waals surface area contributed by atoms with E-state index in [1.165, 1.54) is 24.8 Å². The first-order valence-corrected chi connectivity index (χ1v) is 8.15. The second kappa shape index (κ2) is 6.63. The molecule has 1 atom stereocenters. The van der Waals surface area contributed by atoms with Crippen LogP contribution in [0.1, 0.15) is 56.2 Å². The maximum atomic E-state index is 3.50. The second-order valence-corrected chi connectivity index (χ2v) is 7.09. The van der Waals surface area contributed by atoms with Crippen LogP contribution < -0.4 is 5.32 Å². The summed E-state index contributed by atoms with van der Waals surface area (Å²) in [6.45, 7) is 4.55. The maximum absolute atomic E-state index is 3.50. The molecular formula is C16H25NS. The van der Waals surface area contributed by atoms with E-state index in [0.717, 1.165) is 11.7 Å². The molecule has 1 fully saturated rings. The Kier molecular flexibility index (Phi) is 5.13. The lowest BCUT2D eigenvalue weighted by Crippen LogP contribution is -2.23. The molecule has 1 N–H and O–H groups in total. The lowest BCUT2D eigenvalue weighted by atomic mass is 9.77. The van der Waals surface area contributed by atoms with Gasteiger partial charge in [-0.15, -0.1) is 0 Å². The fourth-order valence-corrected chi connectivity index (χ4v) is 3.46. The SMILES string of the molecule is CNC(CSC(C)C)c1ccccc1C1CCC1. The van der Waals surface area contributed by atoms with Crippen LogP contribution in [0.15, 0.2) is 24.3 Å². The van der Waals surface area contributed by atoms with Crippen LogP contribution in [-0.2, 0) is 0 Å². The van der Waals surface area contributed by atoms with Gasteiger partial charge in [-0.1, -0.05) is 44.5 Å². The number of thioether (sulfide) groups is 1. The minimum absolute atomic E-state index is 0.495. The van der Waals surface area contributed by atoms with Crippen LogP contribution in [0.25, 0.3) is 0 Å². The van der Waals surface area contributed by atoms with E-state index in [2.05, 4.69) is 50.5 Å². The van der Waals surface area contributed by atoms with Gasteiger partial charge in [-0.3, -0.25) is 0 Å². The Balaban J connectivity index is 2.13. The Morgan fingerprint density at radius 1 is 1.28 bits per heavy atom. The van der Waals surface area contributed by atoms with Gasteiger partial charge in [0.2, 0.25) is 0 Å². The zero-order valence-corrected chi connectivity index (χ0v) is 12.6. The zero-order valence-electron chi connectivity index (χ0n) is 11.8. The van der Waals surface area contributed by atoms with E-state index in [4.69, 9.17) is 0 Å². The quantitative estimate of drug-likeness (QED) is 0.818. The van der Waals surface area contributed by atoms with Gasteiger partial charge in [0.05, 0.1) is 0 Å². The molecule has 0 aliphatic heterocycles. The topological polar surface area (TPSA) is 12.0 Å². The van der Waals surface area contributed by atoms with Gasteiger partial charge in [-0.25, -0.2) is 0 Å². The van der Waals surface area contributed by atoms with Crippen molar-refractivity contribution >= 4 is 11.8 Å². The summed E-state index contributed by atoms with van der Waals surface area (Å²) in [5.74, 6) is 1.99. The molecule has 100 valence electrons. The summed E-state index contributed by atoms with van der Waals surface area (Å²) >= 11 is 2.04. The van der Waals surface area contributed by atoms with Crippen LogP contribution in [0.2, 0.25) is 0 Å². The van der Waals surface area contributed by atoms with E-state index in [9.17, 15) is 0 Å². The summed E-state index contributed by atoms with van der Waals surface area (Å²) in [6, 6.07) is 9.52. The van der Waals surface area contributed by atoms with E-state index < -0.39 is 0 Å². The molecule has 1 aromatic rings. The van der Waals surface area contributed by atoms with Gasteiger partial charge < -0.3 is 5.32 Å². The van der Waals surface area contributed by atoms with Crippen molar-refractivity contribution < 1.29 is 0 Å². The van der Waals surface area contributed by atoms with Gasteiger partial charge in [0, 0.05) is 11.8 Å². The van der Waals surface area contributed by atoms with Crippen LogP contribution in [-0.4, -0.2) is 18.1 Å². The predicted octanol–water partition coefficient (Wildman–Crippen LogP) is 4.36. The summed E-state index contributed by atoms with van der Waals surface area (Å²) in [6.07, 6.45) is 4.17. The molecule has 0 spiro atoms. The summed E-state index contributed by atoms with van der Waals surface area (Å²) < 4.78 is 0. The summed E-state index contributed by atoms with van der Waals surface area (Å²) in [7, 11) is 2.09. The van der Waals surface area contributed by atoms with E-state index >= 15 is 0 Å². The van der Waals surface area contributed by atoms with Crippen LogP contribution in [0.4, 0.5) is 0 Å². The molecule has 2 rings (SSSR count). The number of benzene rings is 1. The van der Waals surface area contributed by atoms with Crippen molar-refractivity contribution in [1.82, 2.24) is 5.32 Å². The Morgan fingerprint density at radius 2 is 2.00 bits per heavy atom. The molecule has 0 aromatic heterocycles.